The summed E-state index contributed by atoms with van der Waals surface area (Å²) in [6, 6.07) is 19.3. The summed E-state index contributed by atoms with van der Waals surface area (Å²) < 4.78 is 15.4. The van der Waals surface area contributed by atoms with Gasteiger partial charge in [0.25, 0.3) is 0 Å². The van der Waals surface area contributed by atoms with Crippen molar-refractivity contribution in [3.63, 3.8) is 0 Å². The van der Waals surface area contributed by atoms with Crippen LogP contribution in [0, 0.1) is 5.41 Å². The van der Waals surface area contributed by atoms with Crippen LogP contribution in [0.5, 0.6) is 0 Å². The Hall–Kier alpha value is -2.38. The molecule has 0 fully saturated rings. The molecule has 0 heterocycles. The van der Waals surface area contributed by atoms with E-state index in [1.807, 2.05) is 94.4 Å². The number of hydrogen-bond acceptors (Lipinski definition) is 2. The van der Waals surface area contributed by atoms with Crippen molar-refractivity contribution < 1.29 is 9.36 Å². The maximum Gasteiger partial charge on any atom is 0.248 e. The van der Waals surface area contributed by atoms with Gasteiger partial charge in [0.1, 0.15) is 0 Å². The van der Waals surface area contributed by atoms with E-state index in [-0.39, 0.29) is 11.3 Å². The minimum atomic E-state index is -3.26. The fourth-order valence-electron chi connectivity index (χ4n) is 4.41. The van der Waals surface area contributed by atoms with Gasteiger partial charge in [-0.3, -0.25) is 4.79 Å². The van der Waals surface area contributed by atoms with E-state index in [1.54, 1.807) is 0 Å². The van der Waals surface area contributed by atoms with Crippen LogP contribution in [-0.4, -0.2) is 16.6 Å². The maximum atomic E-state index is 15.4. The van der Waals surface area contributed by atoms with Crippen molar-refractivity contribution >= 4 is 23.7 Å². The van der Waals surface area contributed by atoms with E-state index in [0.717, 1.165) is 10.6 Å². The third-order valence-electron chi connectivity index (χ3n) is 6.20. The molecule has 1 aliphatic carbocycles. The second kappa shape index (κ2) is 8.52. The van der Waals surface area contributed by atoms with Crippen LogP contribution < -0.4 is 15.9 Å². The van der Waals surface area contributed by atoms with Gasteiger partial charge in [-0.15, -0.1) is 0 Å². The number of rotatable bonds is 4. The van der Waals surface area contributed by atoms with Crippen LogP contribution in [0.1, 0.15) is 54.9 Å². The molecule has 0 saturated heterocycles. The first kappa shape index (κ1) is 24.3. The van der Waals surface area contributed by atoms with Crippen molar-refractivity contribution in [1.29, 1.82) is 0 Å². The van der Waals surface area contributed by atoms with E-state index < -0.39 is 17.8 Å². The molecule has 0 saturated carbocycles. The molecule has 1 N–H and O–H groups in total. The Morgan fingerprint density at radius 2 is 1.31 bits per heavy atom. The standard InChI is InChI=1S/C28H36NO2P/c1-26(2,3)21-18-19-24(25(30)29-27(4,5)6)28(7,20-21)32(31,22-14-10-8-11-15-22)23-16-12-9-13-17-23/h8-19H,20H2,1-7H3,(H,29,30). The van der Waals surface area contributed by atoms with E-state index >= 15 is 4.57 Å². The number of carbonyl (C=O) groups excluding carboxylic acids is 1. The van der Waals surface area contributed by atoms with E-state index in [9.17, 15) is 4.79 Å². The Bertz CT molecular complexity index is 1040. The Morgan fingerprint density at radius 3 is 1.72 bits per heavy atom. The fraction of sp³-hybridized carbons (Fsp3) is 0.393. The molecule has 4 heteroatoms. The third kappa shape index (κ3) is 4.55. The smallest absolute Gasteiger partial charge is 0.248 e. The van der Waals surface area contributed by atoms with Crippen LogP contribution in [0.3, 0.4) is 0 Å². The molecule has 0 aromatic heterocycles. The molecule has 2 aromatic rings. The van der Waals surface area contributed by atoms with Gasteiger partial charge in [0.2, 0.25) is 5.91 Å². The maximum absolute atomic E-state index is 15.4. The number of amides is 1. The van der Waals surface area contributed by atoms with Gasteiger partial charge >= 0.3 is 0 Å². The summed E-state index contributed by atoms with van der Waals surface area (Å²) in [5, 5.41) is 3.78. The van der Waals surface area contributed by atoms with Crippen molar-refractivity contribution in [2.75, 3.05) is 0 Å². The highest BCUT2D eigenvalue weighted by molar-refractivity contribution is 7.80. The van der Waals surface area contributed by atoms with Crippen LogP contribution in [0.25, 0.3) is 0 Å². The molecule has 3 rings (SSSR count). The van der Waals surface area contributed by atoms with Gasteiger partial charge in [-0.25, -0.2) is 0 Å². The first-order valence-corrected chi connectivity index (χ1v) is 13.0. The molecular formula is C28H36NO2P. The van der Waals surface area contributed by atoms with E-state index in [4.69, 9.17) is 0 Å². The monoisotopic (exact) mass is 449 g/mol. The van der Waals surface area contributed by atoms with Crippen molar-refractivity contribution in [3.05, 3.63) is 84.0 Å². The molecule has 1 amide bonds. The molecular weight excluding hydrogens is 413 g/mol. The summed E-state index contributed by atoms with van der Waals surface area (Å²) in [6.07, 6.45) is 4.52. The van der Waals surface area contributed by atoms with Crippen molar-refractivity contribution in [2.24, 2.45) is 5.41 Å². The SMILES string of the molecule is CC(C)(C)NC(=O)C1=CC=C(C(C)(C)C)CC1(C)P(=O)(c1ccccc1)c1ccccc1. The predicted molar refractivity (Wildman–Crippen MR) is 136 cm³/mol. The normalized spacial score (nSPS) is 19.7. The third-order valence-corrected chi connectivity index (χ3v) is 10.0. The van der Waals surface area contributed by atoms with Crippen LogP contribution in [-0.2, 0) is 9.36 Å². The summed E-state index contributed by atoms with van der Waals surface area (Å²) in [5.41, 5.74) is 1.29. The largest absolute Gasteiger partial charge is 0.348 e. The van der Waals surface area contributed by atoms with Crippen molar-refractivity contribution in [1.82, 2.24) is 5.32 Å². The van der Waals surface area contributed by atoms with Gasteiger partial charge in [0.15, 0.2) is 7.14 Å². The molecule has 2 aromatic carbocycles. The quantitative estimate of drug-likeness (QED) is 0.584. The van der Waals surface area contributed by atoms with E-state index in [2.05, 4.69) is 32.2 Å². The highest BCUT2D eigenvalue weighted by Gasteiger charge is 2.53. The van der Waals surface area contributed by atoms with Crippen molar-refractivity contribution in [3.8, 4) is 0 Å². The molecule has 32 heavy (non-hydrogen) atoms. The van der Waals surface area contributed by atoms with Gasteiger partial charge in [0.05, 0.1) is 5.16 Å². The first-order valence-electron chi connectivity index (χ1n) is 11.2. The molecule has 1 unspecified atom stereocenters. The molecule has 0 radical (unpaired) electrons. The topological polar surface area (TPSA) is 46.2 Å². The lowest BCUT2D eigenvalue weighted by Crippen LogP contribution is -2.49. The van der Waals surface area contributed by atoms with Crippen LogP contribution >= 0.6 is 7.14 Å². The Labute approximate surface area is 193 Å². The lowest BCUT2D eigenvalue weighted by Gasteiger charge is -2.44. The number of nitrogens with one attached hydrogen (secondary N) is 1. The fourth-order valence-corrected chi connectivity index (χ4v) is 7.94. The second-order valence-corrected chi connectivity index (χ2v) is 14.2. The molecule has 3 nitrogen and oxygen atoms in total. The Kier molecular flexibility index (Phi) is 6.46. The van der Waals surface area contributed by atoms with Crippen LogP contribution in [0.15, 0.2) is 84.0 Å². The summed E-state index contributed by atoms with van der Waals surface area (Å²) in [6.45, 7) is 14.4. The van der Waals surface area contributed by atoms with Crippen LogP contribution in [0.2, 0.25) is 0 Å². The van der Waals surface area contributed by atoms with Gasteiger partial charge in [-0.2, -0.15) is 0 Å². The van der Waals surface area contributed by atoms with Gasteiger partial charge in [0, 0.05) is 21.7 Å². The molecule has 0 aliphatic heterocycles. The minimum Gasteiger partial charge on any atom is -0.348 e. The van der Waals surface area contributed by atoms with Gasteiger partial charge < -0.3 is 9.88 Å². The van der Waals surface area contributed by atoms with Crippen LogP contribution in [0.4, 0.5) is 0 Å². The first-order chi connectivity index (χ1) is 14.8. The minimum absolute atomic E-state index is 0.0952. The average molecular weight is 450 g/mol. The molecule has 1 aliphatic rings. The van der Waals surface area contributed by atoms with Crippen molar-refractivity contribution in [2.45, 2.75) is 65.6 Å². The zero-order chi connectivity index (χ0) is 23.8. The highest BCUT2D eigenvalue weighted by Crippen LogP contribution is 2.63. The van der Waals surface area contributed by atoms with Gasteiger partial charge in [-0.05, 0) is 39.5 Å². The zero-order valence-electron chi connectivity index (χ0n) is 20.4. The lowest BCUT2D eigenvalue weighted by molar-refractivity contribution is -0.119. The summed E-state index contributed by atoms with van der Waals surface area (Å²) in [4.78, 5) is 13.6. The molecule has 0 bridgehead atoms. The number of benzene rings is 2. The Balaban J connectivity index is 2.31. The molecule has 1 atom stereocenters. The molecule has 0 spiro atoms. The van der Waals surface area contributed by atoms with Gasteiger partial charge in [-0.1, -0.05) is 99.2 Å². The number of carbonyl (C=O) groups is 1. The van der Waals surface area contributed by atoms with E-state index in [0.29, 0.717) is 12.0 Å². The summed E-state index contributed by atoms with van der Waals surface area (Å²) in [5.74, 6) is -0.156. The second-order valence-electron chi connectivity index (χ2n) is 11.0. The number of hydrogen-bond donors (Lipinski definition) is 1. The number of allylic oxidation sites excluding steroid dienone is 3. The lowest BCUT2D eigenvalue weighted by atomic mass is 9.76. The predicted octanol–water partition coefficient (Wildman–Crippen LogP) is 5.98. The zero-order valence-corrected chi connectivity index (χ0v) is 21.3. The summed E-state index contributed by atoms with van der Waals surface area (Å²) in [7, 11) is -3.26. The average Bonchev–Trinajstić information content (AvgIpc) is 2.72. The highest BCUT2D eigenvalue weighted by atomic mass is 31.2. The molecule has 170 valence electrons. The van der Waals surface area contributed by atoms with E-state index in [1.165, 1.54) is 5.57 Å². The Morgan fingerprint density at radius 1 is 0.844 bits per heavy atom. The summed E-state index contributed by atoms with van der Waals surface area (Å²) >= 11 is 0.